The third kappa shape index (κ3) is 3.95. The Labute approximate surface area is 200 Å². The predicted octanol–water partition coefficient (Wildman–Crippen LogP) is 3.04. The van der Waals surface area contributed by atoms with Crippen molar-refractivity contribution < 1.29 is 19.1 Å². The molecule has 3 N–H and O–H groups in total. The zero-order valence-electron chi connectivity index (χ0n) is 19.0. The SMILES string of the molecule is COc1ccccc1-c1nc(NC(=O)CN2C(=O)NC(C)(c3ccc4ccccc4c3)C2=O)n[nH]1. The number of aromatic amines is 1. The van der Waals surface area contributed by atoms with Crippen molar-refractivity contribution in [1.29, 1.82) is 0 Å². The maximum Gasteiger partial charge on any atom is 0.325 e. The Morgan fingerprint density at radius 2 is 1.80 bits per heavy atom. The lowest BCUT2D eigenvalue weighted by atomic mass is 9.90. The van der Waals surface area contributed by atoms with Crippen LogP contribution >= 0.6 is 0 Å². The molecule has 1 saturated heterocycles. The fourth-order valence-corrected chi connectivity index (χ4v) is 4.12. The molecule has 1 aliphatic rings. The highest BCUT2D eigenvalue weighted by atomic mass is 16.5. The molecule has 3 aromatic carbocycles. The molecular weight excluding hydrogens is 448 g/mol. The summed E-state index contributed by atoms with van der Waals surface area (Å²) in [5, 5.41) is 14.0. The maximum absolute atomic E-state index is 13.2. The standard InChI is InChI=1S/C25H22N6O4/c1-25(17-12-11-15-7-3-4-8-16(15)13-17)22(33)31(24(34)28-25)14-20(32)26-23-27-21(29-30-23)18-9-5-6-10-19(18)35-2/h3-13H,14H2,1-2H3,(H,28,34)(H2,26,27,29,30,32). The van der Waals surface area contributed by atoms with E-state index in [4.69, 9.17) is 4.74 Å². The van der Waals surface area contributed by atoms with E-state index in [1.807, 2.05) is 48.5 Å². The molecule has 0 bridgehead atoms. The average Bonchev–Trinajstić information content (AvgIpc) is 3.42. The third-order valence-corrected chi connectivity index (χ3v) is 6.00. The number of aromatic nitrogens is 3. The summed E-state index contributed by atoms with van der Waals surface area (Å²) in [6.07, 6.45) is 0. The summed E-state index contributed by atoms with van der Waals surface area (Å²) in [5.74, 6) is -0.120. The van der Waals surface area contributed by atoms with Gasteiger partial charge in [-0.15, -0.1) is 5.10 Å². The molecule has 176 valence electrons. The average molecular weight is 470 g/mol. The quantitative estimate of drug-likeness (QED) is 0.372. The molecule has 10 nitrogen and oxygen atoms in total. The smallest absolute Gasteiger partial charge is 0.325 e. The molecule has 10 heteroatoms. The van der Waals surface area contributed by atoms with Crippen molar-refractivity contribution in [3.63, 3.8) is 0 Å². The molecule has 35 heavy (non-hydrogen) atoms. The predicted molar refractivity (Wildman–Crippen MR) is 129 cm³/mol. The number of benzene rings is 3. The molecule has 0 spiro atoms. The lowest BCUT2D eigenvalue weighted by molar-refractivity contribution is -0.133. The number of amides is 4. The van der Waals surface area contributed by atoms with E-state index < -0.39 is 29.9 Å². The van der Waals surface area contributed by atoms with Gasteiger partial charge in [0.05, 0.1) is 12.7 Å². The Bertz CT molecular complexity index is 1470. The van der Waals surface area contributed by atoms with Gasteiger partial charge in [-0.05, 0) is 41.5 Å². The van der Waals surface area contributed by atoms with Gasteiger partial charge in [0.2, 0.25) is 11.9 Å². The van der Waals surface area contributed by atoms with Crippen LogP contribution in [-0.4, -0.2) is 51.6 Å². The number of methoxy groups -OCH3 is 1. The number of hydrogen-bond donors (Lipinski definition) is 3. The summed E-state index contributed by atoms with van der Waals surface area (Å²) in [4.78, 5) is 43.7. The van der Waals surface area contributed by atoms with Crippen LogP contribution in [0.5, 0.6) is 5.75 Å². The minimum absolute atomic E-state index is 0.0141. The molecular formula is C25H22N6O4. The highest BCUT2D eigenvalue weighted by Crippen LogP contribution is 2.31. The van der Waals surface area contributed by atoms with E-state index in [1.54, 1.807) is 32.2 Å². The molecule has 0 radical (unpaired) electrons. The van der Waals surface area contributed by atoms with E-state index in [2.05, 4.69) is 25.8 Å². The molecule has 4 aromatic rings. The largest absolute Gasteiger partial charge is 0.496 e. The molecule has 0 aliphatic carbocycles. The molecule has 0 saturated carbocycles. The highest BCUT2D eigenvalue weighted by molar-refractivity contribution is 6.10. The van der Waals surface area contributed by atoms with Crippen molar-refractivity contribution in [2.24, 2.45) is 0 Å². The first-order chi connectivity index (χ1) is 16.9. The van der Waals surface area contributed by atoms with Crippen LogP contribution in [0.15, 0.2) is 66.7 Å². The number of urea groups is 1. The van der Waals surface area contributed by atoms with Gasteiger partial charge in [0.25, 0.3) is 5.91 Å². The van der Waals surface area contributed by atoms with Gasteiger partial charge in [-0.1, -0.05) is 48.5 Å². The number of hydrogen-bond acceptors (Lipinski definition) is 6. The second-order valence-electron chi connectivity index (χ2n) is 8.26. The van der Waals surface area contributed by atoms with E-state index in [0.717, 1.165) is 15.7 Å². The Kier molecular flexibility index (Phi) is 5.40. The monoisotopic (exact) mass is 470 g/mol. The summed E-state index contributed by atoms with van der Waals surface area (Å²) in [6.45, 7) is 1.15. The van der Waals surface area contributed by atoms with Gasteiger partial charge in [0.15, 0.2) is 5.82 Å². The molecule has 2 heterocycles. The molecule has 1 unspecified atom stereocenters. The first-order valence-corrected chi connectivity index (χ1v) is 10.9. The summed E-state index contributed by atoms with van der Waals surface area (Å²) in [5.41, 5.74) is 0.0133. The summed E-state index contributed by atoms with van der Waals surface area (Å²) in [7, 11) is 1.54. The van der Waals surface area contributed by atoms with Crippen LogP contribution in [0.25, 0.3) is 22.2 Å². The van der Waals surface area contributed by atoms with Crippen LogP contribution in [0, 0.1) is 0 Å². The van der Waals surface area contributed by atoms with Crippen LogP contribution in [0.2, 0.25) is 0 Å². The van der Waals surface area contributed by atoms with Gasteiger partial charge in [-0.2, -0.15) is 4.98 Å². The van der Waals surface area contributed by atoms with Crippen molar-refractivity contribution in [2.45, 2.75) is 12.5 Å². The van der Waals surface area contributed by atoms with E-state index in [9.17, 15) is 14.4 Å². The molecule has 1 aromatic heterocycles. The fourth-order valence-electron chi connectivity index (χ4n) is 4.12. The van der Waals surface area contributed by atoms with Crippen LogP contribution in [0.4, 0.5) is 10.7 Å². The summed E-state index contributed by atoms with van der Waals surface area (Å²) < 4.78 is 5.32. The fraction of sp³-hybridized carbons (Fsp3) is 0.160. The Balaban J connectivity index is 1.30. The minimum Gasteiger partial charge on any atom is -0.496 e. The van der Waals surface area contributed by atoms with Gasteiger partial charge in [-0.25, -0.2) is 4.79 Å². The first-order valence-electron chi connectivity index (χ1n) is 10.9. The summed E-state index contributed by atoms with van der Waals surface area (Å²) in [6, 6.07) is 19.9. The third-order valence-electron chi connectivity index (χ3n) is 6.00. The first kappa shape index (κ1) is 22.1. The van der Waals surface area contributed by atoms with Crippen LogP contribution in [0.3, 0.4) is 0 Å². The number of nitrogens with one attached hydrogen (secondary N) is 3. The number of rotatable bonds is 6. The summed E-state index contributed by atoms with van der Waals surface area (Å²) >= 11 is 0. The van der Waals surface area contributed by atoms with Crippen molar-refractivity contribution >= 4 is 34.6 Å². The van der Waals surface area contributed by atoms with Crippen LogP contribution in [-0.2, 0) is 15.1 Å². The van der Waals surface area contributed by atoms with Crippen LogP contribution in [0.1, 0.15) is 12.5 Å². The topological polar surface area (TPSA) is 129 Å². The van der Waals surface area contributed by atoms with Gasteiger partial charge in [-0.3, -0.25) is 24.9 Å². The number of imide groups is 1. The zero-order valence-corrected chi connectivity index (χ0v) is 19.0. The van der Waals surface area contributed by atoms with Crippen molar-refractivity contribution in [1.82, 2.24) is 25.4 Å². The van der Waals surface area contributed by atoms with Gasteiger partial charge in [0.1, 0.15) is 17.8 Å². The Morgan fingerprint density at radius 1 is 1.06 bits per heavy atom. The van der Waals surface area contributed by atoms with E-state index >= 15 is 0 Å². The number of para-hydroxylation sites is 1. The lowest BCUT2D eigenvalue weighted by Gasteiger charge is -2.22. The Morgan fingerprint density at radius 3 is 2.60 bits per heavy atom. The van der Waals surface area contributed by atoms with Crippen LogP contribution < -0.4 is 15.4 Å². The van der Waals surface area contributed by atoms with E-state index in [0.29, 0.717) is 22.7 Å². The van der Waals surface area contributed by atoms with E-state index in [-0.39, 0.29) is 5.95 Å². The van der Waals surface area contributed by atoms with Gasteiger partial charge >= 0.3 is 6.03 Å². The minimum atomic E-state index is -1.29. The zero-order chi connectivity index (χ0) is 24.6. The van der Waals surface area contributed by atoms with Crippen molar-refractivity contribution in [3.8, 4) is 17.1 Å². The number of nitrogens with zero attached hydrogens (tertiary/aromatic N) is 3. The van der Waals surface area contributed by atoms with Gasteiger partial charge in [0, 0.05) is 0 Å². The number of ether oxygens (including phenoxy) is 1. The maximum atomic E-state index is 13.2. The molecule has 1 fully saturated rings. The second kappa shape index (κ2) is 8.56. The number of anilines is 1. The normalized spacial score (nSPS) is 17.5. The number of carbonyl (C=O) groups excluding carboxylic acids is 3. The van der Waals surface area contributed by atoms with Crippen molar-refractivity contribution in [2.75, 3.05) is 19.0 Å². The van der Waals surface area contributed by atoms with Gasteiger partial charge < -0.3 is 10.1 Å². The molecule has 4 amide bonds. The number of carbonyl (C=O) groups is 3. The number of H-pyrrole nitrogens is 1. The lowest BCUT2D eigenvalue weighted by Crippen LogP contribution is -2.42. The van der Waals surface area contributed by atoms with Crippen molar-refractivity contribution in [3.05, 3.63) is 72.3 Å². The second-order valence-corrected chi connectivity index (χ2v) is 8.26. The van der Waals surface area contributed by atoms with E-state index in [1.165, 1.54) is 0 Å². The Hall–Kier alpha value is -4.73. The molecule has 5 rings (SSSR count). The number of fused-ring (bicyclic) bond motifs is 1. The molecule has 1 atom stereocenters. The molecule has 1 aliphatic heterocycles. The highest BCUT2D eigenvalue weighted by Gasteiger charge is 2.49.